The fourth-order valence-corrected chi connectivity index (χ4v) is 3.00. The van der Waals surface area contributed by atoms with Gasteiger partial charge in [0.15, 0.2) is 0 Å². The Labute approximate surface area is 172 Å². The highest BCUT2D eigenvalue weighted by Gasteiger charge is 2.17. The van der Waals surface area contributed by atoms with Crippen molar-refractivity contribution in [2.45, 2.75) is 27.3 Å². The summed E-state index contributed by atoms with van der Waals surface area (Å²) >= 11 is 5.95. The number of anilines is 1. The molecular formula is C20H19ClN4O4. The van der Waals surface area contributed by atoms with Gasteiger partial charge in [-0.05, 0) is 44.5 Å². The molecule has 0 fully saturated rings. The Balaban J connectivity index is 1.91. The molecule has 8 nitrogen and oxygen atoms in total. The van der Waals surface area contributed by atoms with Crippen molar-refractivity contribution in [2.75, 3.05) is 5.32 Å². The fraction of sp³-hybridized carbons (Fsp3) is 0.200. The van der Waals surface area contributed by atoms with Crippen molar-refractivity contribution in [2.24, 2.45) is 0 Å². The van der Waals surface area contributed by atoms with E-state index in [1.165, 1.54) is 18.2 Å². The molecule has 0 bridgehead atoms. The summed E-state index contributed by atoms with van der Waals surface area (Å²) in [5.74, 6) is 0.324. The van der Waals surface area contributed by atoms with Crippen LogP contribution in [0.15, 0.2) is 42.6 Å². The lowest BCUT2D eigenvalue weighted by Gasteiger charge is -2.11. The zero-order chi connectivity index (χ0) is 21.1. The zero-order valence-electron chi connectivity index (χ0n) is 16.1. The Morgan fingerprint density at radius 3 is 2.66 bits per heavy atom. The van der Waals surface area contributed by atoms with E-state index in [-0.39, 0.29) is 17.1 Å². The lowest BCUT2D eigenvalue weighted by molar-refractivity contribution is -0.384. The molecule has 0 saturated carbocycles. The second-order valence-corrected chi connectivity index (χ2v) is 6.86. The van der Waals surface area contributed by atoms with E-state index in [4.69, 9.17) is 16.3 Å². The van der Waals surface area contributed by atoms with E-state index in [1.807, 2.05) is 13.8 Å². The van der Waals surface area contributed by atoms with Crippen LogP contribution in [-0.2, 0) is 6.54 Å². The summed E-state index contributed by atoms with van der Waals surface area (Å²) in [6.07, 6.45) is 1.64. The monoisotopic (exact) mass is 414 g/mol. The van der Waals surface area contributed by atoms with Gasteiger partial charge in [-0.2, -0.15) is 5.10 Å². The number of aryl methyl sites for hydroxylation is 3. The first-order valence-corrected chi connectivity index (χ1v) is 9.23. The smallest absolute Gasteiger partial charge is 0.275 e. The fourth-order valence-electron chi connectivity index (χ4n) is 2.78. The number of nitrogens with one attached hydrogen (secondary N) is 1. The van der Waals surface area contributed by atoms with Gasteiger partial charge in [-0.3, -0.25) is 19.6 Å². The summed E-state index contributed by atoms with van der Waals surface area (Å²) < 4.78 is 7.45. The summed E-state index contributed by atoms with van der Waals surface area (Å²) in [5.41, 5.74) is 1.79. The van der Waals surface area contributed by atoms with E-state index in [2.05, 4.69) is 10.4 Å². The molecule has 1 heterocycles. The molecule has 29 heavy (non-hydrogen) atoms. The number of nitro groups is 1. The Hall–Kier alpha value is -3.39. The SMILES string of the molecule is CCn1cc(C(=O)Nc2cc(Oc3ccc(Cl)cc3C)cc([N+](=O)[O-])c2)c(C)n1. The molecule has 0 atom stereocenters. The molecule has 2 aromatic carbocycles. The van der Waals surface area contributed by atoms with Gasteiger partial charge < -0.3 is 10.1 Å². The molecule has 9 heteroatoms. The highest BCUT2D eigenvalue weighted by atomic mass is 35.5. The van der Waals surface area contributed by atoms with Crippen LogP contribution in [0.25, 0.3) is 0 Å². The maximum absolute atomic E-state index is 12.6. The number of non-ortho nitro benzene ring substituents is 1. The molecule has 3 rings (SSSR count). The van der Waals surface area contributed by atoms with E-state index in [0.717, 1.165) is 5.56 Å². The van der Waals surface area contributed by atoms with Crippen LogP contribution < -0.4 is 10.1 Å². The highest BCUT2D eigenvalue weighted by Crippen LogP contribution is 2.32. The summed E-state index contributed by atoms with van der Waals surface area (Å²) in [7, 11) is 0. The van der Waals surface area contributed by atoms with Crippen LogP contribution in [0.1, 0.15) is 28.5 Å². The van der Waals surface area contributed by atoms with Gasteiger partial charge in [0.2, 0.25) is 0 Å². The van der Waals surface area contributed by atoms with E-state index >= 15 is 0 Å². The first-order valence-electron chi connectivity index (χ1n) is 8.85. The molecule has 0 spiro atoms. The molecule has 1 amide bonds. The van der Waals surface area contributed by atoms with Gasteiger partial charge in [0.1, 0.15) is 11.5 Å². The lowest BCUT2D eigenvalue weighted by atomic mass is 10.2. The molecule has 0 aliphatic carbocycles. The number of nitrogens with zero attached hydrogens (tertiary/aromatic N) is 3. The van der Waals surface area contributed by atoms with Crippen LogP contribution >= 0.6 is 11.6 Å². The maximum Gasteiger partial charge on any atom is 0.275 e. The van der Waals surface area contributed by atoms with Crippen molar-refractivity contribution in [3.05, 3.63) is 74.6 Å². The van der Waals surface area contributed by atoms with Gasteiger partial charge in [-0.1, -0.05) is 11.6 Å². The number of carbonyl (C=O) groups is 1. The van der Waals surface area contributed by atoms with Gasteiger partial charge >= 0.3 is 0 Å². The molecule has 150 valence electrons. The predicted molar refractivity (Wildman–Crippen MR) is 110 cm³/mol. The number of halogens is 1. The van der Waals surface area contributed by atoms with Crippen molar-refractivity contribution in [3.8, 4) is 11.5 Å². The van der Waals surface area contributed by atoms with Gasteiger partial charge in [0.25, 0.3) is 11.6 Å². The number of amides is 1. The number of benzene rings is 2. The Morgan fingerprint density at radius 2 is 2.03 bits per heavy atom. The molecule has 3 aromatic rings. The van der Waals surface area contributed by atoms with Crippen molar-refractivity contribution >= 4 is 28.9 Å². The van der Waals surface area contributed by atoms with Crippen LogP contribution in [0, 0.1) is 24.0 Å². The minimum Gasteiger partial charge on any atom is -0.457 e. The summed E-state index contributed by atoms with van der Waals surface area (Å²) in [4.78, 5) is 23.4. The third-order valence-electron chi connectivity index (χ3n) is 4.24. The van der Waals surface area contributed by atoms with Crippen LogP contribution in [0.4, 0.5) is 11.4 Å². The zero-order valence-corrected chi connectivity index (χ0v) is 16.9. The molecular weight excluding hydrogens is 396 g/mol. The topological polar surface area (TPSA) is 99.3 Å². The average molecular weight is 415 g/mol. The number of carbonyl (C=O) groups excluding carboxylic acids is 1. The normalized spacial score (nSPS) is 10.6. The number of rotatable bonds is 6. The first-order chi connectivity index (χ1) is 13.8. The minimum absolute atomic E-state index is 0.203. The lowest BCUT2D eigenvalue weighted by Crippen LogP contribution is -2.12. The van der Waals surface area contributed by atoms with Gasteiger partial charge in [0.05, 0.1) is 27.9 Å². The van der Waals surface area contributed by atoms with Crippen molar-refractivity contribution in [3.63, 3.8) is 0 Å². The Morgan fingerprint density at radius 1 is 1.28 bits per heavy atom. The number of ether oxygens (including phenoxy) is 1. The molecule has 0 aliphatic rings. The summed E-state index contributed by atoms with van der Waals surface area (Å²) in [6.45, 7) is 6.09. The molecule has 0 unspecified atom stereocenters. The van der Waals surface area contributed by atoms with Crippen LogP contribution in [0.2, 0.25) is 5.02 Å². The second kappa shape index (κ2) is 8.32. The van der Waals surface area contributed by atoms with E-state index in [0.29, 0.717) is 28.6 Å². The molecule has 0 radical (unpaired) electrons. The van der Waals surface area contributed by atoms with Gasteiger partial charge in [0, 0.05) is 29.9 Å². The van der Waals surface area contributed by atoms with Gasteiger partial charge in [-0.15, -0.1) is 0 Å². The Bertz CT molecular complexity index is 1090. The van der Waals surface area contributed by atoms with Crippen LogP contribution in [-0.4, -0.2) is 20.6 Å². The highest BCUT2D eigenvalue weighted by molar-refractivity contribution is 6.30. The maximum atomic E-state index is 12.6. The van der Waals surface area contributed by atoms with E-state index in [9.17, 15) is 14.9 Å². The summed E-state index contributed by atoms with van der Waals surface area (Å²) in [5, 5.41) is 18.8. The van der Waals surface area contributed by atoms with Crippen molar-refractivity contribution in [1.82, 2.24) is 9.78 Å². The molecule has 1 aromatic heterocycles. The van der Waals surface area contributed by atoms with Crippen LogP contribution in [0.5, 0.6) is 11.5 Å². The summed E-state index contributed by atoms with van der Waals surface area (Å²) in [6, 6.07) is 9.17. The van der Waals surface area contributed by atoms with E-state index < -0.39 is 10.8 Å². The first kappa shape index (κ1) is 20.3. The Kier molecular flexibility index (Phi) is 5.84. The average Bonchev–Trinajstić information content (AvgIpc) is 3.05. The minimum atomic E-state index is -0.544. The van der Waals surface area contributed by atoms with E-state index in [1.54, 1.807) is 36.0 Å². The molecule has 1 N–H and O–H groups in total. The second-order valence-electron chi connectivity index (χ2n) is 6.42. The number of aromatic nitrogens is 2. The van der Waals surface area contributed by atoms with Crippen molar-refractivity contribution < 1.29 is 14.5 Å². The predicted octanol–water partition coefficient (Wildman–Crippen LogP) is 5.13. The molecule has 0 saturated heterocycles. The quantitative estimate of drug-likeness (QED) is 0.445. The standard InChI is InChI=1S/C20H19ClN4O4/c1-4-24-11-18(13(3)23-24)20(26)22-15-8-16(25(27)28)10-17(9-15)29-19-6-5-14(21)7-12(19)2/h5-11H,4H2,1-3H3,(H,22,26). The third-order valence-corrected chi connectivity index (χ3v) is 4.47. The molecule has 0 aliphatic heterocycles. The largest absolute Gasteiger partial charge is 0.457 e. The van der Waals surface area contributed by atoms with Crippen LogP contribution in [0.3, 0.4) is 0 Å². The number of hydrogen-bond acceptors (Lipinski definition) is 5. The third kappa shape index (κ3) is 4.72. The van der Waals surface area contributed by atoms with Crippen molar-refractivity contribution in [1.29, 1.82) is 0 Å². The number of nitro benzene ring substituents is 1. The number of hydrogen-bond donors (Lipinski definition) is 1. The van der Waals surface area contributed by atoms with Gasteiger partial charge in [-0.25, -0.2) is 0 Å².